The molecule has 2 aliphatic heterocycles. The summed E-state index contributed by atoms with van der Waals surface area (Å²) in [4.78, 5) is 15.0. The quantitative estimate of drug-likeness (QED) is 0.878. The zero-order chi connectivity index (χ0) is 16.1. The highest BCUT2D eigenvalue weighted by Gasteiger charge is 2.70. The van der Waals surface area contributed by atoms with Crippen LogP contribution in [0.2, 0.25) is 0 Å². The van der Waals surface area contributed by atoms with Crippen LogP contribution in [-0.4, -0.2) is 17.1 Å². The van der Waals surface area contributed by atoms with Crippen LogP contribution in [0.15, 0.2) is 54.6 Å². The zero-order valence-corrected chi connectivity index (χ0v) is 13.3. The number of hydrogen-bond acceptors (Lipinski definition) is 2. The fourth-order valence-electron chi connectivity index (χ4n) is 6.38. The molecule has 2 aliphatic carbocycles. The van der Waals surface area contributed by atoms with Gasteiger partial charge in [-0.2, -0.15) is 0 Å². The average Bonchev–Trinajstić information content (AvgIpc) is 3.26. The van der Waals surface area contributed by atoms with E-state index >= 15 is 0 Å². The second-order valence-corrected chi connectivity index (χ2v) is 7.88. The lowest BCUT2D eigenvalue weighted by Crippen LogP contribution is -2.54. The topological polar surface area (TPSA) is 40.5 Å². The van der Waals surface area contributed by atoms with Crippen LogP contribution in [0.3, 0.4) is 0 Å². The average molecular weight is 317 g/mol. The maximum absolute atomic E-state index is 13.0. The Labute approximate surface area is 140 Å². The standard InChI is InChI=1S/C21H19NO2/c23-20-15-11-12-10-14(15)19-18(12)21(24,13-6-2-1-3-7-13)16-8-4-5-9-17(16)22(19)20/h1-9,12,14-15,18-19,24H,10-11H2/t12?,14?,15-,18?,19+,21-/m0/s1. The van der Waals surface area contributed by atoms with Crippen molar-refractivity contribution in [3.63, 3.8) is 0 Å². The van der Waals surface area contributed by atoms with E-state index in [0.29, 0.717) is 11.8 Å². The number of carbonyl (C=O) groups is 1. The first-order chi connectivity index (χ1) is 11.7. The monoisotopic (exact) mass is 317 g/mol. The Morgan fingerprint density at radius 1 is 1.00 bits per heavy atom. The number of anilines is 1. The minimum atomic E-state index is -0.992. The highest BCUT2D eigenvalue weighted by atomic mass is 16.3. The van der Waals surface area contributed by atoms with Crippen molar-refractivity contribution in [3.05, 3.63) is 65.7 Å². The van der Waals surface area contributed by atoms with Gasteiger partial charge in [0.25, 0.3) is 0 Å². The number of aliphatic hydroxyl groups is 1. The van der Waals surface area contributed by atoms with E-state index < -0.39 is 5.60 Å². The summed E-state index contributed by atoms with van der Waals surface area (Å²) in [5.74, 6) is 1.45. The molecule has 2 saturated carbocycles. The normalized spacial score (nSPS) is 41.0. The molecule has 3 unspecified atom stereocenters. The third kappa shape index (κ3) is 1.26. The molecule has 6 rings (SSSR count). The fraction of sp³-hybridized carbons (Fsp3) is 0.381. The van der Waals surface area contributed by atoms with Crippen molar-refractivity contribution >= 4 is 11.6 Å². The summed E-state index contributed by atoms with van der Waals surface area (Å²) in [6, 6.07) is 18.2. The molecule has 0 radical (unpaired) electrons. The molecule has 2 aromatic carbocycles. The van der Waals surface area contributed by atoms with Gasteiger partial charge < -0.3 is 10.0 Å². The summed E-state index contributed by atoms with van der Waals surface area (Å²) in [6.07, 6.45) is 2.04. The summed E-state index contributed by atoms with van der Waals surface area (Å²) in [5.41, 5.74) is 1.79. The van der Waals surface area contributed by atoms with Gasteiger partial charge in [-0.15, -0.1) is 0 Å². The molecule has 2 bridgehead atoms. The Hall–Kier alpha value is -2.13. The van der Waals surface area contributed by atoms with Crippen molar-refractivity contribution in [2.75, 3.05) is 4.90 Å². The van der Waals surface area contributed by atoms with Crippen LogP contribution in [0.25, 0.3) is 0 Å². The van der Waals surface area contributed by atoms with Crippen molar-refractivity contribution in [3.8, 4) is 0 Å². The van der Waals surface area contributed by atoms with Gasteiger partial charge >= 0.3 is 0 Å². The van der Waals surface area contributed by atoms with Crippen LogP contribution in [0.1, 0.15) is 24.0 Å². The number of para-hydroxylation sites is 1. The molecule has 1 amide bonds. The number of hydrogen-bond donors (Lipinski definition) is 1. The summed E-state index contributed by atoms with van der Waals surface area (Å²) in [5, 5.41) is 12.1. The lowest BCUT2D eigenvalue weighted by Gasteiger charge is -2.49. The molecule has 1 N–H and O–H groups in total. The van der Waals surface area contributed by atoms with Gasteiger partial charge in [0.15, 0.2) is 0 Å². The van der Waals surface area contributed by atoms with Crippen LogP contribution in [0.4, 0.5) is 5.69 Å². The number of rotatable bonds is 1. The Morgan fingerprint density at radius 3 is 2.58 bits per heavy atom. The van der Waals surface area contributed by atoms with Crippen molar-refractivity contribution in [1.29, 1.82) is 0 Å². The van der Waals surface area contributed by atoms with Gasteiger partial charge in [0.1, 0.15) is 5.60 Å². The summed E-state index contributed by atoms with van der Waals surface area (Å²) in [6.45, 7) is 0. The van der Waals surface area contributed by atoms with Gasteiger partial charge in [0.2, 0.25) is 5.91 Å². The molecule has 3 fully saturated rings. The van der Waals surface area contributed by atoms with Crippen LogP contribution in [0, 0.1) is 23.7 Å². The molecule has 4 aliphatic rings. The highest BCUT2D eigenvalue weighted by Crippen LogP contribution is 2.67. The lowest BCUT2D eigenvalue weighted by molar-refractivity contribution is -0.120. The fourth-order valence-corrected chi connectivity index (χ4v) is 6.38. The smallest absolute Gasteiger partial charge is 0.230 e. The maximum atomic E-state index is 13.0. The Bertz CT molecular complexity index is 863. The minimum Gasteiger partial charge on any atom is -0.380 e. The summed E-state index contributed by atoms with van der Waals surface area (Å²) < 4.78 is 0. The first-order valence-electron chi connectivity index (χ1n) is 8.91. The van der Waals surface area contributed by atoms with E-state index in [9.17, 15) is 9.90 Å². The molecule has 0 spiro atoms. The van der Waals surface area contributed by atoms with E-state index in [1.807, 2.05) is 59.5 Å². The van der Waals surface area contributed by atoms with E-state index in [1.165, 1.54) is 0 Å². The molecule has 3 heteroatoms. The Kier molecular flexibility index (Phi) is 2.25. The minimum absolute atomic E-state index is 0.113. The van der Waals surface area contributed by atoms with Gasteiger partial charge in [-0.05, 0) is 36.3 Å². The molecule has 6 atom stereocenters. The number of amides is 1. The van der Waals surface area contributed by atoms with Crippen molar-refractivity contribution in [1.82, 2.24) is 0 Å². The van der Waals surface area contributed by atoms with E-state index in [4.69, 9.17) is 0 Å². The zero-order valence-electron chi connectivity index (χ0n) is 13.3. The molecule has 2 heterocycles. The predicted octanol–water partition coefficient (Wildman–Crippen LogP) is 2.92. The molecule has 0 aromatic heterocycles. The predicted molar refractivity (Wildman–Crippen MR) is 90.4 cm³/mol. The Balaban J connectivity index is 1.68. The second kappa shape index (κ2) is 4.09. The van der Waals surface area contributed by atoms with Gasteiger partial charge in [-0.1, -0.05) is 48.5 Å². The van der Waals surface area contributed by atoms with Crippen LogP contribution in [0.5, 0.6) is 0 Å². The largest absolute Gasteiger partial charge is 0.380 e. The second-order valence-electron chi connectivity index (χ2n) is 7.88. The number of nitrogens with zero attached hydrogens (tertiary/aromatic N) is 1. The third-order valence-electron chi connectivity index (χ3n) is 7.09. The Morgan fingerprint density at radius 2 is 1.75 bits per heavy atom. The summed E-state index contributed by atoms with van der Waals surface area (Å²) >= 11 is 0. The van der Waals surface area contributed by atoms with E-state index in [1.54, 1.807) is 0 Å². The number of benzene rings is 2. The number of fused-ring (bicyclic) bond motifs is 4. The van der Waals surface area contributed by atoms with E-state index in [0.717, 1.165) is 29.7 Å². The molecule has 3 nitrogen and oxygen atoms in total. The van der Waals surface area contributed by atoms with Gasteiger partial charge in [-0.25, -0.2) is 0 Å². The first kappa shape index (κ1) is 13.2. The maximum Gasteiger partial charge on any atom is 0.230 e. The van der Waals surface area contributed by atoms with Crippen molar-refractivity contribution in [2.45, 2.75) is 24.5 Å². The summed E-state index contributed by atoms with van der Waals surface area (Å²) in [7, 11) is 0. The van der Waals surface area contributed by atoms with Crippen molar-refractivity contribution < 1.29 is 9.90 Å². The number of carbonyl (C=O) groups excluding carboxylic acids is 1. The lowest BCUT2D eigenvalue weighted by atomic mass is 9.64. The first-order valence-corrected chi connectivity index (χ1v) is 8.91. The molecule has 24 heavy (non-hydrogen) atoms. The van der Waals surface area contributed by atoms with Gasteiger partial charge in [0, 0.05) is 23.4 Å². The SMILES string of the molecule is O=C1[C@H]2CC3CC2[C@@H]2C3[C@](O)(c3ccccc3)c3ccccc3N12. The molecular formula is C21H19NO2. The van der Waals surface area contributed by atoms with Crippen LogP contribution < -0.4 is 4.90 Å². The molecule has 1 saturated heterocycles. The van der Waals surface area contributed by atoms with Crippen molar-refractivity contribution in [2.24, 2.45) is 23.7 Å². The third-order valence-corrected chi connectivity index (χ3v) is 7.09. The van der Waals surface area contributed by atoms with Gasteiger partial charge in [-0.3, -0.25) is 4.79 Å². The van der Waals surface area contributed by atoms with Gasteiger partial charge in [0.05, 0.1) is 5.69 Å². The highest BCUT2D eigenvalue weighted by molar-refractivity contribution is 6.01. The van der Waals surface area contributed by atoms with Crippen LogP contribution in [-0.2, 0) is 10.4 Å². The molecular weight excluding hydrogens is 298 g/mol. The van der Waals surface area contributed by atoms with E-state index in [-0.39, 0.29) is 23.8 Å². The van der Waals surface area contributed by atoms with Crippen LogP contribution >= 0.6 is 0 Å². The van der Waals surface area contributed by atoms with E-state index in [2.05, 4.69) is 0 Å². The molecule has 120 valence electrons. The molecule has 2 aromatic rings.